The van der Waals surface area contributed by atoms with Crippen molar-refractivity contribution in [2.75, 3.05) is 0 Å². The van der Waals surface area contributed by atoms with Crippen LogP contribution in [0.2, 0.25) is 5.02 Å². The summed E-state index contributed by atoms with van der Waals surface area (Å²) in [6.45, 7) is 0. The number of benzene rings is 1. The number of hydrogen-bond donors (Lipinski definition) is 1. The molecule has 0 saturated heterocycles. The van der Waals surface area contributed by atoms with Gasteiger partial charge in [-0.05, 0) is 18.2 Å². The predicted molar refractivity (Wildman–Crippen MR) is 46.5 cm³/mol. The van der Waals surface area contributed by atoms with Gasteiger partial charge in [-0.25, -0.2) is 4.79 Å². The number of isocyanates is 1. The molecule has 2 nitrogen and oxygen atoms in total. The van der Waals surface area contributed by atoms with Gasteiger partial charge < -0.3 is 0 Å². The Bertz CT molecular complexity index is 320. The maximum Gasteiger partial charge on any atom is 0.240 e. The van der Waals surface area contributed by atoms with E-state index in [0.717, 1.165) is 0 Å². The highest BCUT2D eigenvalue weighted by Gasteiger charge is 1.96. The Hall–Kier alpha value is -0.760. The van der Waals surface area contributed by atoms with Crippen molar-refractivity contribution in [3.05, 3.63) is 23.2 Å². The summed E-state index contributed by atoms with van der Waals surface area (Å²) in [5, 5.41) is 0.569. The summed E-state index contributed by atoms with van der Waals surface area (Å²) in [6.07, 6.45) is 1.43. The van der Waals surface area contributed by atoms with Crippen LogP contribution in [0.15, 0.2) is 28.1 Å². The first-order valence-corrected chi connectivity index (χ1v) is 3.63. The number of halogens is 1. The first kappa shape index (κ1) is 8.34. The van der Waals surface area contributed by atoms with Gasteiger partial charge in [-0.2, -0.15) is 4.99 Å². The summed E-state index contributed by atoms with van der Waals surface area (Å²) >= 11 is 9.67. The molecule has 0 aromatic heterocycles. The molecule has 56 valence electrons. The molecule has 1 rings (SSSR count). The van der Waals surface area contributed by atoms with Crippen LogP contribution in [0.25, 0.3) is 0 Å². The molecule has 0 spiro atoms. The Morgan fingerprint density at radius 1 is 1.55 bits per heavy atom. The third-order valence-electron chi connectivity index (χ3n) is 1.10. The van der Waals surface area contributed by atoms with Gasteiger partial charge in [0.1, 0.15) is 0 Å². The molecule has 0 aliphatic rings. The highest BCUT2D eigenvalue weighted by molar-refractivity contribution is 7.80. The van der Waals surface area contributed by atoms with E-state index in [1.54, 1.807) is 18.2 Å². The fourth-order valence-corrected chi connectivity index (χ4v) is 1.15. The van der Waals surface area contributed by atoms with Crippen LogP contribution in [0.4, 0.5) is 5.69 Å². The highest BCUT2D eigenvalue weighted by Crippen LogP contribution is 2.25. The third-order valence-corrected chi connectivity index (χ3v) is 1.70. The fourth-order valence-electron chi connectivity index (χ4n) is 0.640. The van der Waals surface area contributed by atoms with Crippen LogP contribution >= 0.6 is 24.2 Å². The van der Waals surface area contributed by atoms with Gasteiger partial charge in [-0.1, -0.05) is 11.6 Å². The van der Waals surface area contributed by atoms with Gasteiger partial charge in [0, 0.05) is 9.92 Å². The lowest BCUT2D eigenvalue weighted by Gasteiger charge is -1.95. The molecule has 0 N–H and O–H groups in total. The minimum absolute atomic E-state index is 0.479. The first-order valence-electron chi connectivity index (χ1n) is 2.80. The van der Waals surface area contributed by atoms with Crippen molar-refractivity contribution in [1.29, 1.82) is 0 Å². The van der Waals surface area contributed by atoms with Gasteiger partial charge in [0.25, 0.3) is 0 Å². The quantitative estimate of drug-likeness (QED) is 0.407. The van der Waals surface area contributed by atoms with Gasteiger partial charge in [0.05, 0.1) is 5.69 Å². The lowest BCUT2D eigenvalue weighted by Crippen LogP contribution is -1.69. The monoisotopic (exact) mass is 185 g/mol. The molecule has 0 amide bonds. The van der Waals surface area contributed by atoms with Gasteiger partial charge >= 0.3 is 0 Å². The zero-order valence-corrected chi connectivity index (χ0v) is 7.06. The van der Waals surface area contributed by atoms with Crippen molar-refractivity contribution in [1.82, 2.24) is 0 Å². The van der Waals surface area contributed by atoms with Crippen molar-refractivity contribution in [3.63, 3.8) is 0 Å². The van der Waals surface area contributed by atoms with E-state index >= 15 is 0 Å². The van der Waals surface area contributed by atoms with Crippen LogP contribution in [0, 0.1) is 0 Å². The van der Waals surface area contributed by atoms with Gasteiger partial charge in [0.2, 0.25) is 6.08 Å². The number of nitrogens with zero attached hydrogens (tertiary/aromatic N) is 1. The molecule has 1 aromatic rings. The Morgan fingerprint density at radius 2 is 2.27 bits per heavy atom. The van der Waals surface area contributed by atoms with Crippen molar-refractivity contribution < 1.29 is 4.79 Å². The number of thiol groups is 1. The van der Waals surface area contributed by atoms with Crippen molar-refractivity contribution in [2.24, 2.45) is 4.99 Å². The largest absolute Gasteiger partial charge is 0.240 e. The number of rotatable bonds is 1. The third kappa shape index (κ3) is 2.09. The van der Waals surface area contributed by atoms with Crippen molar-refractivity contribution >= 4 is 36.0 Å². The molecular weight excluding hydrogens is 182 g/mol. The van der Waals surface area contributed by atoms with Crippen LogP contribution in [0.3, 0.4) is 0 Å². The minimum Gasteiger partial charge on any atom is -0.211 e. The Labute approximate surface area is 74.3 Å². The second-order valence-corrected chi connectivity index (χ2v) is 2.75. The average Bonchev–Trinajstić information content (AvgIpc) is 1.95. The predicted octanol–water partition coefficient (Wildman–Crippen LogP) is 2.60. The standard InChI is InChI=1S/C7H4ClNOS/c8-5-1-2-6(9-4-10)7(11)3-5/h1-3,11H. The van der Waals surface area contributed by atoms with Crippen LogP contribution in [-0.2, 0) is 4.79 Å². The number of hydrogen-bond acceptors (Lipinski definition) is 3. The minimum atomic E-state index is 0.479. The fraction of sp³-hybridized carbons (Fsp3) is 0. The summed E-state index contributed by atoms with van der Waals surface area (Å²) in [7, 11) is 0. The highest BCUT2D eigenvalue weighted by atomic mass is 35.5. The average molecular weight is 186 g/mol. The van der Waals surface area contributed by atoms with Gasteiger partial charge in [0.15, 0.2) is 0 Å². The summed E-state index contributed by atoms with van der Waals surface area (Å²) in [5.41, 5.74) is 0.479. The lowest BCUT2D eigenvalue weighted by atomic mass is 10.3. The van der Waals surface area contributed by atoms with E-state index in [4.69, 9.17) is 11.6 Å². The molecule has 0 aliphatic heterocycles. The molecule has 0 unspecified atom stereocenters. The second kappa shape index (κ2) is 3.58. The smallest absolute Gasteiger partial charge is 0.211 e. The normalized spacial score (nSPS) is 8.91. The van der Waals surface area contributed by atoms with E-state index in [-0.39, 0.29) is 0 Å². The van der Waals surface area contributed by atoms with Crippen LogP contribution in [-0.4, -0.2) is 6.08 Å². The molecule has 4 heteroatoms. The molecule has 0 fully saturated rings. The SMILES string of the molecule is O=C=Nc1ccc(Cl)cc1S. The van der Waals surface area contributed by atoms with Crippen LogP contribution in [0.1, 0.15) is 0 Å². The molecule has 0 aliphatic carbocycles. The van der Waals surface area contributed by atoms with E-state index < -0.39 is 0 Å². The first-order chi connectivity index (χ1) is 5.24. The van der Waals surface area contributed by atoms with E-state index in [0.29, 0.717) is 15.6 Å². The Morgan fingerprint density at radius 3 is 2.82 bits per heavy atom. The molecule has 0 heterocycles. The van der Waals surface area contributed by atoms with E-state index in [2.05, 4.69) is 17.6 Å². The van der Waals surface area contributed by atoms with Crippen LogP contribution < -0.4 is 0 Å². The molecule has 0 radical (unpaired) electrons. The molecular formula is C7H4ClNOS. The maximum atomic E-state index is 9.85. The van der Waals surface area contributed by atoms with E-state index in [9.17, 15) is 4.79 Å². The zero-order chi connectivity index (χ0) is 8.27. The summed E-state index contributed by atoms with van der Waals surface area (Å²) in [5.74, 6) is 0. The molecule has 0 bridgehead atoms. The maximum absolute atomic E-state index is 9.85. The summed E-state index contributed by atoms with van der Waals surface area (Å²) < 4.78 is 0. The Kier molecular flexibility index (Phi) is 2.71. The van der Waals surface area contributed by atoms with E-state index in [1.807, 2.05) is 0 Å². The van der Waals surface area contributed by atoms with Gasteiger partial charge in [-0.15, -0.1) is 12.6 Å². The number of carbonyl (C=O) groups excluding carboxylic acids is 1. The summed E-state index contributed by atoms with van der Waals surface area (Å²) in [4.78, 5) is 13.8. The van der Waals surface area contributed by atoms with E-state index in [1.165, 1.54) is 6.08 Å². The number of aliphatic imine (C=N–C) groups is 1. The Balaban J connectivity index is 3.19. The van der Waals surface area contributed by atoms with Gasteiger partial charge in [-0.3, -0.25) is 0 Å². The molecule has 0 atom stereocenters. The van der Waals surface area contributed by atoms with Crippen molar-refractivity contribution in [3.8, 4) is 0 Å². The molecule has 11 heavy (non-hydrogen) atoms. The van der Waals surface area contributed by atoms with Crippen molar-refractivity contribution in [2.45, 2.75) is 4.90 Å². The van der Waals surface area contributed by atoms with Crippen LogP contribution in [0.5, 0.6) is 0 Å². The topological polar surface area (TPSA) is 29.4 Å². The molecule has 0 saturated carbocycles. The molecule has 1 aromatic carbocycles. The lowest BCUT2D eigenvalue weighted by molar-refractivity contribution is 0.565. The zero-order valence-electron chi connectivity index (χ0n) is 5.41. The summed E-state index contributed by atoms with van der Waals surface area (Å²) in [6, 6.07) is 4.86. The second-order valence-electron chi connectivity index (χ2n) is 1.84.